The second kappa shape index (κ2) is 7.95. The number of rotatable bonds is 5. The van der Waals surface area contributed by atoms with E-state index in [1.54, 1.807) is 16.6 Å². The topological polar surface area (TPSA) is 56.6 Å². The molecule has 1 aromatic carbocycles. The Hall–Kier alpha value is -2.34. The third kappa shape index (κ3) is 4.07. The summed E-state index contributed by atoms with van der Waals surface area (Å²) >= 11 is 0. The highest BCUT2D eigenvalue weighted by molar-refractivity contribution is 5.93. The maximum Gasteiger partial charge on any atom is 0.274 e. The van der Waals surface area contributed by atoms with Crippen LogP contribution in [-0.2, 0) is 30.2 Å². The summed E-state index contributed by atoms with van der Waals surface area (Å²) in [6, 6.07) is 6.12. The summed E-state index contributed by atoms with van der Waals surface area (Å²) in [7, 11) is 3.67. The number of ether oxygens (including phenoxy) is 2. The molecule has 0 saturated carbocycles. The highest BCUT2D eigenvalue weighted by Gasteiger charge is 2.26. The number of amides is 1. The van der Waals surface area contributed by atoms with Crippen molar-refractivity contribution in [3.05, 3.63) is 46.3 Å². The van der Waals surface area contributed by atoms with E-state index < -0.39 is 0 Å². The highest BCUT2D eigenvalue weighted by atomic mass is 16.5. The number of carbonyl (C=O) groups is 1. The number of hydrogen-bond acceptors (Lipinski definition) is 4. The zero-order valence-electron chi connectivity index (χ0n) is 17.8. The van der Waals surface area contributed by atoms with Crippen LogP contribution < -0.4 is 4.74 Å². The minimum atomic E-state index is -0.0914. The fourth-order valence-electron chi connectivity index (χ4n) is 3.88. The predicted octanol–water partition coefficient (Wildman–Crippen LogP) is 3.25. The molecule has 6 heteroatoms. The van der Waals surface area contributed by atoms with Crippen molar-refractivity contribution in [1.29, 1.82) is 0 Å². The van der Waals surface area contributed by atoms with E-state index in [0.29, 0.717) is 32.1 Å². The maximum absolute atomic E-state index is 12.9. The molecule has 0 unspecified atom stereocenters. The van der Waals surface area contributed by atoms with Gasteiger partial charge in [0, 0.05) is 37.3 Å². The molecule has 0 saturated heterocycles. The number of benzene rings is 1. The minimum Gasteiger partial charge on any atom is -0.491 e. The molecule has 1 amide bonds. The number of fused-ring (bicyclic) bond motifs is 1. The van der Waals surface area contributed by atoms with Crippen LogP contribution in [0.3, 0.4) is 0 Å². The molecule has 152 valence electrons. The first-order chi connectivity index (χ1) is 13.2. The third-order valence-corrected chi connectivity index (χ3v) is 5.22. The molecule has 0 radical (unpaired) electrons. The first-order valence-corrected chi connectivity index (χ1v) is 9.81. The zero-order valence-corrected chi connectivity index (χ0v) is 17.8. The first kappa shape index (κ1) is 20.4. The van der Waals surface area contributed by atoms with E-state index in [9.17, 15) is 4.79 Å². The van der Waals surface area contributed by atoms with Gasteiger partial charge in [0.2, 0.25) is 0 Å². The van der Waals surface area contributed by atoms with Crippen LogP contribution in [0.25, 0.3) is 0 Å². The zero-order chi connectivity index (χ0) is 20.5. The molecule has 0 aliphatic carbocycles. The van der Waals surface area contributed by atoms with E-state index >= 15 is 0 Å². The monoisotopic (exact) mass is 385 g/mol. The van der Waals surface area contributed by atoms with Crippen molar-refractivity contribution in [3.63, 3.8) is 0 Å². The van der Waals surface area contributed by atoms with Crippen LogP contribution in [0.4, 0.5) is 0 Å². The average Bonchev–Trinajstić information content (AvgIpc) is 2.97. The van der Waals surface area contributed by atoms with Crippen molar-refractivity contribution in [1.82, 2.24) is 14.7 Å². The molecule has 28 heavy (non-hydrogen) atoms. The Morgan fingerprint density at radius 1 is 1.36 bits per heavy atom. The molecule has 1 aliphatic rings. The molecular weight excluding hydrogens is 354 g/mol. The lowest BCUT2D eigenvalue weighted by molar-refractivity contribution is 0.0753. The summed E-state index contributed by atoms with van der Waals surface area (Å²) in [5.74, 6) is 0.795. The summed E-state index contributed by atoms with van der Waals surface area (Å²) in [4.78, 5) is 14.6. The summed E-state index contributed by atoms with van der Waals surface area (Å²) < 4.78 is 13.4. The van der Waals surface area contributed by atoms with E-state index in [1.807, 2.05) is 19.2 Å². The van der Waals surface area contributed by atoms with Gasteiger partial charge >= 0.3 is 0 Å². The van der Waals surface area contributed by atoms with E-state index in [0.717, 1.165) is 23.4 Å². The maximum atomic E-state index is 12.9. The highest BCUT2D eigenvalue weighted by Crippen LogP contribution is 2.34. The van der Waals surface area contributed by atoms with Crippen LogP contribution in [0, 0.1) is 6.92 Å². The van der Waals surface area contributed by atoms with Gasteiger partial charge in [-0.3, -0.25) is 9.48 Å². The van der Waals surface area contributed by atoms with Crippen molar-refractivity contribution in [3.8, 4) is 5.75 Å². The molecular formula is C22H31N3O3. The quantitative estimate of drug-likeness (QED) is 0.793. The molecule has 6 nitrogen and oxygen atoms in total. The lowest BCUT2D eigenvalue weighted by Gasteiger charge is -2.25. The second-order valence-corrected chi connectivity index (χ2v) is 8.47. The van der Waals surface area contributed by atoms with Crippen LogP contribution in [0.1, 0.15) is 53.6 Å². The molecule has 2 heterocycles. The molecule has 0 spiro atoms. The van der Waals surface area contributed by atoms with E-state index in [4.69, 9.17) is 9.47 Å². The van der Waals surface area contributed by atoms with Crippen molar-refractivity contribution in [2.24, 2.45) is 7.05 Å². The molecule has 0 fully saturated rings. The number of carbonyl (C=O) groups excluding carboxylic acids is 1. The molecule has 0 atom stereocenters. The number of hydrogen-bond donors (Lipinski definition) is 0. The number of aryl methyl sites for hydroxylation is 2. The summed E-state index contributed by atoms with van der Waals surface area (Å²) in [6.07, 6.45) is 0.794. The Bertz CT molecular complexity index is 865. The van der Waals surface area contributed by atoms with Gasteiger partial charge in [-0.1, -0.05) is 32.9 Å². The largest absolute Gasteiger partial charge is 0.491 e. The number of likely N-dealkylation sites (N-methyl/N-ethyl adjacent to an activating group) is 1. The second-order valence-electron chi connectivity index (χ2n) is 8.47. The van der Waals surface area contributed by atoms with Crippen LogP contribution in [0.15, 0.2) is 18.2 Å². The smallest absolute Gasteiger partial charge is 0.274 e. The lowest BCUT2D eigenvalue weighted by atomic mass is 9.83. The number of aromatic nitrogens is 2. The Morgan fingerprint density at radius 2 is 2.11 bits per heavy atom. The van der Waals surface area contributed by atoms with Crippen molar-refractivity contribution in [2.75, 3.05) is 26.8 Å². The summed E-state index contributed by atoms with van der Waals surface area (Å²) in [5, 5.41) is 4.44. The average molecular weight is 386 g/mol. The minimum absolute atomic E-state index is 0.00454. The van der Waals surface area contributed by atoms with Gasteiger partial charge < -0.3 is 14.4 Å². The molecule has 1 aromatic heterocycles. The van der Waals surface area contributed by atoms with Crippen molar-refractivity contribution in [2.45, 2.75) is 46.1 Å². The van der Waals surface area contributed by atoms with Gasteiger partial charge in [-0.05, 0) is 24.0 Å². The third-order valence-electron chi connectivity index (χ3n) is 5.22. The number of nitrogens with zero attached hydrogens (tertiary/aromatic N) is 3. The van der Waals surface area contributed by atoms with Gasteiger partial charge in [0.25, 0.3) is 5.91 Å². The van der Waals surface area contributed by atoms with Crippen LogP contribution in [0.5, 0.6) is 5.75 Å². The molecule has 0 bridgehead atoms. The van der Waals surface area contributed by atoms with Gasteiger partial charge in [0.1, 0.15) is 12.4 Å². The fraction of sp³-hybridized carbons (Fsp3) is 0.545. The molecule has 1 aliphatic heterocycles. The first-order valence-electron chi connectivity index (χ1n) is 9.81. The molecule has 3 rings (SSSR count). The van der Waals surface area contributed by atoms with Gasteiger partial charge in [-0.15, -0.1) is 0 Å². The van der Waals surface area contributed by atoms with Crippen molar-refractivity contribution < 1.29 is 14.3 Å². The van der Waals surface area contributed by atoms with Gasteiger partial charge in [0.05, 0.1) is 19.8 Å². The molecule has 2 aromatic rings. The standard InChI is InChI=1S/C22H31N3O3/c1-15-8-7-9-18(19(15)22(2,3)4)28-13-11-24(5)21(26)20-16-14-27-12-10-17(16)25(6)23-20/h7-9H,10-14H2,1-6H3. The lowest BCUT2D eigenvalue weighted by Crippen LogP contribution is -2.32. The Kier molecular flexibility index (Phi) is 5.79. The van der Waals surface area contributed by atoms with Gasteiger partial charge in [-0.2, -0.15) is 5.10 Å². The van der Waals surface area contributed by atoms with E-state index in [2.05, 4.69) is 38.9 Å². The normalized spacial score (nSPS) is 13.9. The Labute approximate surface area is 167 Å². The Balaban J connectivity index is 1.67. The summed E-state index contributed by atoms with van der Waals surface area (Å²) in [5.41, 5.74) is 4.92. The van der Waals surface area contributed by atoms with Crippen LogP contribution in [0.2, 0.25) is 0 Å². The van der Waals surface area contributed by atoms with E-state index in [1.165, 1.54) is 11.1 Å². The van der Waals surface area contributed by atoms with Crippen LogP contribution in [-0.4, -0.2) is 47.4 Å². The van der Waals surface area contributed by atoms with Crippen LogP contribution >= 0.6 is 0 Å². The van der Waals surface area contributed by atoms with Crippen molar-refractivity contribution >= 4 is 5.91 Å². The molecule has 0 N–H and O–H groups in total. The van der Waals surface area contributed by atoms with Gasteiger partial charge in [-0.25, -0.2) is 0 Å². The van der Waals surface area contributed by atoms with Gasteiger partial charge in [0.15, 0.2) is 5.69 Å². The predicted molar refractivity (Wildman–Crippen MR) is 109 cm³/mol. The SMILES string of the molecule is Cc1cccc(OCCN(C)C(=O)c2nn(C)c3c2COCC3)c1C(C)(C)C. The summed E-state index contributed by atoms with van der Waals surface area (Å²) in [6.45, 7) is 10.7. The van der Waals surface area contributed by atoms with E-state index in [-0.39, 0.29) is 11.3 Å². The Morgan fingerprint density at radius 3 is 2.82 bits per heavy atom. The fourth-order valence-corrected chi connectivity index (χ4v) is 3.88.